The molecule has 0 aromatic carbocycles. The number of likely N-dealkylation sites (N-methyl/N-ethyl adjacent to an activating group) is 1. The summed E-state index contributed by atoms with van der Waals surface area (Å²) < 4.78 is 6.86. The van der Waals surface area contributed by atoms with Crippen molar-refractivity contribution in [3.05, 3.63) is 12.2 Å². The van der Waals surface area contributed by atoms with E-state index in [2.05, 4.69) is 15.5 Å². The first-order valence-electron chi connectivity index (χ1n) is 6.14. The van der Waals surface area contributed by atoms with E-state index in [-0.39, 0.29) is 12.6 Å². The standard InChI is InChI=1S/C11H21N5O3/c1-15(5-6-17)11(18)12-8-10-14-13-9-16(10)4-3-7-19-2/h9,17H,3-8H2,1-2H3,(H,12,18). The maximum atomic E-state index is 11.6. The van der Waals surface area contributed by atoms with Gasteiger partial charge in [-0.2, -0.15) is 0 Å². The summed E-state index contributed by atoms with van der Waals surface area (Å²) in [6, 6.07) is -0.250. The molecule has 0 aliphatic carbocycles. The van der Waals surface area contributed by atoms with Crippen LogP contribution in [0.4, 0.5) is 4.79 Å². The van der Waals surface area contributed by atoms with Crippen LogP contribution < -0.4 is 5.32 Å². The zero-order valence-corrected chi connectivity index (χ0v) is 11.4. The summed E-state index contributed by atoms with van der Waals surface area (Å²) in [6.45, 7) is 1.97. The number of nitrogens with one attached hydrogen (secondary N) is 1. The highest BCUT2D eigenvalue weighted by Crippen LogP contribution is 1.98. The number of nitrogens with zero attached hydrogens (tertiary/aromatic N) is 4. The Bertz CT molecular complexity index is 382. The highest BCUT2D eigenvalue weighted by molar-refractivity contribution is 5.73. The molecule has 19 heavy (non-hydrogen) atoms. The van der Waals surface area contributed by atoms with Gasteiger partial charge >= 0.3 is 6.03 Å². The Morgan fingerprint density at radius 2 is 2.42 bits per heavy atom. The number of carbonyl (C=O) groups excluding carboxylic acids is 1. The van der Waals surface area contributed by atoms with Crippen molar-refractivity contribution in [2.75, 3.05) is 33.9 Å². The van der Waals surface area contributed by atoms with Gasteiger partial charge in [0.05, 0.1) is 13.2 Å². The Hall–Kier alpha value is -1.67. The number of methoxy groups -OCH3 is 1. The molecule has 108 valence electrons. The zero-order chi connectivity index (χ0) is 14.1. The van der Waals surface area contributed by atoms with E-state index in [0.717, 1.165) is 13.0 Å². The van der Waals surface area contributed by atoms with Crippen molar-refractivity contribution in [3.8, 4) is 0 Å². The molecule has 0 unspecified atom stereocenters. The van der Waals surface area contributed by atoms with Crippen LogP contribution in [0, 0.1) is 0 Å². The number of hydrogen-bond acceptors (Lipinski definition) is 5. The number of ether oxygens (including phenoxy) is 1. The van der Waals surface area contributed by atoms with E-state index < -0.39 is 0 Å². The van der Waals surface area contributed by atoms with Crippen molar-refractivity contribution in [3.63, 3.8) is 0 Å². The van der Waals surface area contributed by atoms with Gasteiger partial charge in [-0.1, -0.05) is 0 Å². The molecule has 0 saturated carbocycles. The minimum Gasteiger partial charge on any atom is -0.395 e. The molecule has 2 amide bonds. The molecule has 0 saturated heterocycles. The first kappa shape index (κ1) is 15.4. The second-order valence-corrected chi connectivity index (χ2v) is 4.09. The third-order valence-electron chi connectivity index (χ3n) is 2.62. The van der Waals surface area contributed by atoms with E-state index in [0.29, 0.717) is 25.5 Å². The minimum atomic E-state index is -0.250. The summed E-state index contributed by atoms with van der Waals surface area (Å²) in [5.74, 6) is 0.696. The van der Waals surface area contributed by atoms with Gasteiger partial charge in [-0.15, -0.1) is 10.2 Å². The van der Waals surface area contributed by atoms with Crippen molar-refractivity contribution in [2.45, 2.75) is 19.5 Å². The molecule has 1 heterocycles. The second-order valence-electron chi connectivity index (χ2n) is 4.09. The number of urea groups is 1. The Morgan fingerprint density at radius 3 is 3.11 bits per heavy atom. The molecule has 1 aromatic rings. The third-order valence-corrected chi connectivity index (χ3v) is 2.62. The lowest BCUT2D eigenvalue weighted by atomic mass is 10.4. The summed E-state index contributed by atoms with van der Waals surface area (Å²) in [6.07, 6.45) is 2.49. The first-order valence-corrected chi connectivity index (χ1v) is 6.14. The number of aliphatic hydroxyl groups is 1. The van der Waals surface area contributed by atoms with Gasteiger partial charge in [-0.05, 0) is 6.42 Å². The van der Waals surface area contributed by atoms with Crippen LogP contribution in [0.25, 0.3) is 0 Å². The SMILES string of the molecule is COCCCn1cnnc1CNC(=O)N(C)CCO. The highest BCUT2D eigenvalue weighted by atomic mass is 16.5. The van der Waals surface area contributed by atoms with Crippen LogP contribution in [0.3, 0.4) is 0 Å². The molecular weight excluding hydrogens is 250 g/mol. The Labute approximate surface area is 112 Å². The van der Waals surface area contributed by atoms with Crippen LogP contribution in [-0.2, 0) is 17.8 Å². The third kappa shape index (κ3) is 5.23. The van der Waals surface area contributed by atoms with E-state index in [1.165, 1.54) is 4.90 Å². The highest BCUT2D eigenvalue weighted by Gasteiger charge is 2.09. The van der Waals surface area contributed by atoms with Gasteiger partial charge in [-0.25, -0.2) is 4.79 Å². The van der Waals surface area contributed by atoms with Gasteiger partial charge in [0.25, 0.3) is 0 Å². The van der Waals surface area contributed by atoms with Gasteiger partial charge in [0.2, 0.25) is 0 Å². The van der Waals surface area contributed by atoms with Crippen molar-refractivity contribution in [1.29, 1.82) is 0 Å². The topological polar surface area (TPSA) is 92.5 Å². The van der Waals surface area contributed by atoms with Gasteiger partial charge < -0.3 is 24.6 Å². The molecule has 1 rings (SSSR count). The second kappa shape index (κ2) is 8.44. The number of amides is 2. The Kier molecular flexibility index (Phi) is 6.83. The largest absolute Gasteiger partial charge is 0.395 e. The van der Waals surface area contributed by atoms with Gasteiger partial charge in [0.1, 0.15) is 6.33 Å². The van der Waals surface area contributed by atoms with Crippen molar-refractivity contribution >= 4 is 6.03 Å². The normalized spacial score (nSPS) is 10.5. The molecule has 8 nitrogen and oxygen atoms in total. The number of rotatable bonds is 8. The van der Waals surface area contributed by atoms with E-state index in [9.17, 15) is 4.79 Å². The number of aliphatic hydroxyl groups excluding tert-OH is 1. The molecule has 1 aromatic heterocycles. The number of carbonyl (C=O) groups is 1. The van der Waals surface area contributed by atoms with Gasteiger partial charge in [0.15, 0.2) is 5.82 Å². The molecule has 0 aliphatic rings. The lowest BCUT2D eigenvalue weighted by Crippen LogP contribution is -2.38. The van der Waals surface area contributed by atoms with Crippen LogP contribution >= 0.6 is 0 Å². The van der Waals surface area contributed by atoms with Crippen molar-refractivity contribution in [2.24, 2.45) is 0 Å². The minimum absolute atomic E-state index is 0.0584. The zero-order valence-electron chi connectivity index (χ0n) is 11.4. The maximum absolute atomic E-state index is 11.6. The van der Waals surface area contributed by atoms with Crippen LogP contribution in [0.5, 0.6) is 0 Å². The summed E-state index contributed by atoms with van der Waals surface area (Å²) in [7, 11) is 3.28. The average molecular weight is 271 g/mol. The van der Waals surface area contributed by atoms with Crippen LogP contribution in [0.1, 0.15) is 12.2 Å². The smallest absolute Gasteiger partial charge is 0.317 e. The molecule has 2 N–H and O–H groups in total. The number of aryl methyl sites for hydroxylation is 1. The number of aromatic nitrogens is 3. The van der Waals surface area contributed by atoms with Gasteiger partial charge in [-0.3, -0.25) is 0 Å². The van der Waals surface area contributed by atoms with Crippen LogP contribution in [0.2, 0.25) is 0 Å². The maximum Gasteiger partial charge on any atom is 0.317 e. The van der Waals surface area contributed by atoms with Crippen LogP contribution in [-0.4, -0.2) is 64.7 Å². The summed E-state index contributed by atoms with van der Waals surface area (Å²) >= 11 is 0. The predicted molar refractivity (Wildman–Crippen MR) is 68.5 cm³/mol. The lowest BCUT2D eigenvalue weighted by molar-refractivity contribution is 0.188. The predicted octanol–water partition coefficient (Wildman–Crippen LogP) is -0.552. The van der Waals surface area contributed by atoms with E-state index in [1.807, 2.05) is 4.57 Å². The Balaban J connectivity index is 2.40. The molecule has 0 aliphatic heterocycles. The number of hydrogen-bond donors (Lipinski definition) is 2. The fraction of sp³-hybridized carbons (Fsp3) is 0.727. The molecule has 0 radical (unpaired) electrons. The van der Waals surface area contributed by atoms with Crippen molar-refractivity contribution < 1.29 is 14.6 Å². The fourth-order valence-electron chi connectivity index (χ4n) is 1.52. The van der Waals surface area contributed by atoms with Crippen LogP contribution in [0.15, 0.2) is 6.33 Å². The quantitative estimate of drug-likeness (QED) is 0.619. The molecule has 0 atom stereocenters. The van der Waals surface area contributed by atoms with E-state index >= 15 is 0 Å². The molecule has 8 heteroatoms. The molecule has 0 spiro atoms. The summed E-state index contributed by atoms with van der Waals surface area (Å²) in [5.41, 5.74) is 0. The Morgan fingerprint density at radius 1 is 1.63 bits per heavy atom. The monoisotopic (exact) mass is 271 g/mol. The summed E-state index contributed by atoms with van der Waals surface area (Å²) in [5, 5.41) is 19.3. The first-order chi connectivity index (χ1) is 9.19. The molecular formula is C11H21N5O3. The molecule has 0 bridgehead atoms. The lowest BCUT2D eigenvalue weighted by Gasteiger charge is -2.16. The average Bonchev–Trinajstić information content (AvgIpc) is 2.84. The van der Waals surface area contributed by atoms with Crippen molar-refractivity contribution in [1.82, 2.24) is 25.0 Å². The van der Waals surface area contributed by atoms with E-state index in [1.54, 1.807) is 20.5 Å². The summed E-state index contributed by atoms with van der Waals surface area (Å²) in [4.78, 5) is 13.0. The fourth-order valence-corrected chi connectivity index (χ4v) is 1.52. The molecule has 0 fully saturated rings. The van der Waals surface area contributed by atoms with Gasteiger partial charge in [0, 0.05) is 33.9 Å². The van der Waals surface area contributed by atoms with E-state index in [4.69, 9.17) is 9.84 Å².